The molecule has 10 aromatic carbocycles. The highest BCUT2D eigenvalue weighted by Gasteiger charge is 2.35. The summed E-state index contributed by atoms with van der Waals surface area (Å²) < 4.78 is 0. The molecule has 424 valence electrons. The van der Waals surface area contributed by atoms with Crippen LogP contribution in [0.1, 0.15) is 52.7 Å². The molecule has 0 spiro atoms. The minimum atomic E-state index is -0.206. The van der Waals surface area contributed by atoms with E-state index in [0.717, 1.165) is 107 Å². The monoisotopic (exact) mass is 1140 g/mol. The molecule has 0 radical (unpaired) electrons. The summed E-state index contributed by atoms with van der Waals surface area (Å²) in [5.74, 6) is 3.50. The van der Waals surface area contributed by atoms with Crippen molar-refractivity contribution >= 4 is 34.3 Å². The van der Waals surface area contributed by atoms with E-state index in [2.05, 4.69) is 252 Å². The van der Waals surface area contributed by atoms with Crippen LogP contribution in [0.25, 0.3) is 102 Å². The summed E-state index contributed by atoms with van der Waals surface area (Å²) in [7, 11) is 0. The van der Waals surface area contributed by atoms with Crippen molar-refractivity contribution in [2.45, 2.75) is 52.4 Å². The molecule has 1 aliphatic rings. The number of nitrogens with zero attached hydrogens (tertiary/aromatic N) is 9. The molecular formula is C79H63N9. The molecule has 0 saturated heterocycles. The van der Waals surface area contributed by atoms with Gasteiger partial charge in [-0.2, -0.15) is 0 Å². The number of hydrogen-bond acceptors (Lipinski definition) is 9. The maximum Gasteiger partial charge on any atom is 0.164 e. The van der Waals surface area contributed by atoms with Crippen molar-refractivity contribution in [2.24, 2.45) is 0 Å². The van der Waals surface area contributed by atoms with Crippen LogP contribution < -0.4 is 9.80 Å². The highest BCUT2D eigenvalue weighted by atomic mass is 15.3. The zero-order chi connectivity index (χ0) is 59.9. The van der Waals surface area contributed by atoms with Gasteiger partial charge in [0.2, 0.25) is 0 Å². The van der Waals surface area contributed by atoms with Crippen molar-refractivity contribution < 1.29 is 0 Å². The van der Waals surface area contributed by atoms with Crippen LogP contribution >= 0.6 is 0 Å². The predicted molar refractivity (Wildman–Crippen MR) is 360 cm³/mol. The van der Waals surface area contributed by atoms with E-state index in [4.69, 9.17) is 34.9 Å². The van der Waals surface area contributed by atoms with Crippen LogP contribution in [-0.2, 0) is 10.8 Å². The van der Waals surface area contributed by atoms with Crippen LogP contribution in [0, 0.1) is 0 Å². The first-order valence-corrected chi connectivity index (χ1v) is 29.9. The average Bonchev–Trinajstić information content (AvgIpc) is 0.955. The van der Waals surface area contributed by atoms with Gasteiger partial charge in [-0.25, -0.2) is 34.9 Å². The van der Waals surface area contributed by atoms with Gasteiger partial charge in [-0.15, -0.1) is 0 Å². The van der Waals surface area contributed by atoms with Crippen molar-refractivity contribution in [2.75, 3.05) is 9.80 Å². The van der Waals surface area contributed by atoms with Gasteiger partial charge >= 0.3 is 0 Å². The first-order chi connectivity index (χ1) is 42.9. The Morgan fingerprint density at radius 2 is 0.557 bits per heavy atom. The third-order valence-corrected chi connectivity index (χ3v) is 16.2. The SMILES string of the molecule is CC(C)(C)c1cc(-c2cc(N3c4ccccc4N(c4cc(-c5ccccc5)nc(-c5ccccc5)n4)c4ccccc43)c(-c3nc(-c4ccccc4)cc(-c4ccccc4)n3)cc2-c2nc(-c3ccccc3)nc(-c3ccccc3)n2)cc(C(C)(C)C)c1. The third kappa shape index (κ3) is 10.8. The molecule has 0 saturated carbocycles. The number of hydrogen-bond donors (Lipinski definition) is 0. The standard InChI is InChI=1S/C79H63N9/c1-78(2,3)59-45-58(46-60(47-59)79(4,5)6)61-49-71(87-67-41-25-27-43-69(67)88(70-44-28-26-42-68(70)87)72-51-66(54-33-17-9-18-34-54)80-73(83-72)55-35-19-10-20-36-55)63(77-81-64(52-29-13-7-14-30-52)50-65(82-77)53-31-15-8-16-32-53)48-62(61)76-85-74(56-37-21-11-22-38-56)84-75(86-76)57-39-23-12-24-40-57/h7-51H,1-6H3. The molecule has 9 heteroatoms. The molecule has 0 fully saturated rings. The van der Waals surface area contributed by atoms with E-state index in [1.807, 2.05) is 72.8 Å². The van der Waals surface area contributed by atoms with Crippen molar-refractivity contribution in [1.82, 2.24) is 34.9 Å². The topological polar surface area (TPSA) is 96.7 Å². The molecule has 3 aromatic heterocycles. The Bertz CT molecular complexity index is 4430. The molecule has 14 rings (SSSR count). The van der Waals surface area contributed by atoms with Gasteiger partial charge in [-0.1, -0.05) is 266 Å². The van der Waals surface area contributed by atoms with Crippen LogP contribution in [-0.4, -0.2) is 34.9 Å². The molecule has 0 amide bonds. The number of benzene rings is 10. The van der Waals surface area contributed by atoms with Crippen molar-refractivity contribution in [3.8, 4) is 102 Å². The Hall–Kier alpha value is -11.0. The molecule has 9 nitrogen and oxygen atoms in total. The van der Waals surface area contributed by atoms with Crippen LogP contribution in [0.4, 0.5) is 34.3 Å². The van der Waals surface area contributed by atoms with Crippen LogP contribution in [0.2, 0.25) is 0 Å². The van der Waals surface area contributed by atoms with Crippen molar-refractivity contribution in [3.05, 3.63) is 284 Å². The second-order valence-electron chi connectivity index (χ2n) is 24.3. The molecule has 0 unspecified atom stereocenters. The van der Waals surface area contributed by atoms with E-state index in [1.54, 1.807) is 0 Å². The molecule has 0 aliphatic carbocycles. The molecule has 0 N–H and O–H groups in total. The summed E-state index contributed by atoms with van der Waals surface area (Å²) in [6.07, 6.45) is 0. The quantitative estimate of drug-likeness (QED) is 0.125. The maximum absolute atomic E-state index is 5.65. The highest BCUT2D eigenvalue weighted by molar-refractivity contribution is 6.05. The summed E-state index contributed by atoms with van der Waals surface area (Å²) in [5.41, 5.74) is 18.0. The van der Waals surface area contributed by atoms with Gasteiger partial charge in [0.05, 0.1) is 45.5 Å². The molecule has 4 heterocycles. The second kappa shape index (κ2) is 22.8. The predicted octanol–water partition coefficient (Wildman–Crippen LogP) is 20.3. The first-order valence-electron chi connectivity index (χ1n) is 29.9. The number of fused-ring (bicyclic) bond motifs is 2. The Labute approximate surface area is 514 Å². The summed E-state index contributed by atoms with van der Waals surface area (Å²) in [4.78, 5) is 42.9. The third-order valence-electron chi connectivity index (χ3n) is 16.2. The van der Waals surface area contributed by atoms with E-state index < -0.39 is 0 Å². The molecule has 88 heavy (non-hydrogen) atoms. The zero-order valence-electron chi connectivity index (χ0n) is 50.0. The number of anilines is 6. The van der Waals surface area contributed by atoms with E-state index in [0.29, 0.717) is 29.1 Å². The maximum atomic E-state index is 5.65. The Morgan fingerprint density at radius 1 is 0.227 bits per heavy atom. The van der Waals surface area contributed by atoms with Gasteiger partial charge in [0.1, 0.15) is 5.82 Å². The summed E-state index contributed by atoms with van der Waals surface area (Å²) in [6.45, 7) is 13.7. The van der Waals surface area contributed by atoms with E-state index in [-0.39, 0.29) is 10.8 Å². The lowest BCUT2D eigenvalue weighted by Crippen LogP contribution is -2.25. The van der Waals surface area contributed by atoms with E-state index in [1.165, 1.54) is 11.1 Å². The Kier molecular flexibility index (Phi) is 14.2. The average molecular weight is 1140 g/mol. The van der Waals surface area contributed by atoms with Crippen LogP contribution in [0.5, 0.6) is 0 Å². The highest BCUT2D eigenvalue weighted by Crippen LogP contribution is 2.57. The lowest BCUT2D eigenvalue weighted by atomic mass is 9.78. The minimum Gasteiger partial charge on any atom is -0.306 e. The fourth-order valence-electron chi connectivity index (χ4n) is 11.5. The summed E-state index contributed by atoms with van der Waals surface area (Å²) >= 11 is 0. The normalized spacial score (nSPS) is 12.2. The summed E-state index contributed by atoms with van der Waals surface area (Å²) in [5, 5.41) is 0. The molecule has 0 bridgehead atoms. The van der Waals surface area contributed by atoms with Crippen molar-refractivity contribution in [1.29, 1.82) is 0 Å². The molecule has 1 aliphatic heterocycles. The van der Waals surface area contributed by atoms with Gasteiger partial charge in [0, 0.05) is 50.6 Å². The molecule has 0 atom stereocenters. The van der Waals surface area contributed by atoms with Crippen molar-refractivity contribution in [3.63, 3.8) is 0 Å². The Morgan fingerprint density at radius 3 is 0.966 bits per heavy atom. The van der Waals surface area contributed by atoms with Gasteiger partial charge < -0.3 is 4.90 Å². The number of aromatic nitrogens is 7. The van der Waals surface area contributed by atoms with Gasteiger partial charge in [-0.3, -0.25) is 4.90 Å². The minimum absolute atomic E-state index is 0.206. The first kappa shape index (κ1) is 54.9. The van der Waals surface area contributed by atoms with Crippen LogP contribution in [0.15, 0.2) is 273 Å². The van der Waals surface area contributed by atoms with Crippen LogP contribution in [0.3, 0.4) is 0 Å². The van der Waals surface area contributed by atoms with Gasteiger partial charge in [-0.05, 0) is 75.5 Å². The smallest absolute Gasteiger partial charge is 0.164 e. The second-order valence-corrected chi connectivity index (χ2v) is 24.3. The largest absolute Gasteiger partial charge is 0.306 e. The van der Waals surface area contributed by atoms with E-state index in [9.17, 15) is 0 Å². The van der Waals surface area contributed by atoms with E-state index >= 15 is 0 Å². The lowest BCUT2D eigenvalue weighted by Gasteiger charge is -2.40. The molecule has 13 aromatic rings. The van der Waals surface area contributed by atoms with Gasteiger partial charge in [0.15, 0.2) is 29.1 Å². The summed E-state index contributed by atoms with van der Waals surface area (Å²) in [6, 6.07) is 94.7. The fraction of sp³-hybridized carbons (Fsp3) is 0.101. The Balaban J connectivity index is 1.11. The fourth-order valence-corrected chi connectivity index (χ4v) is 11.5. The van der Waals surface area contributed by atoms with Gasteiger partial charge in [0.25, 0.3) is 0 Å². The molecular weight excluding hydrogens is 1070 g/mol. The lowest BCUT2D eigenvalue weighted by molar-refractivity contribution is 0.569. The number of para-hydroxylation sites is 4. The zero-order valence-corrected chi connectivity index (χ0v) is 50.0. The number of rotatable bonds is 11.